The summed E-state index contributed by atoms with van der Waals surface area (Å²) in [7, 11) is 5.17. The molecule has 5 nitrogen and oxygen atoms in total. The van der Waals surface area contributed by atoms with Crippen molar-refractivity contribution in [2.24, 2.45) is 0 Å². The molecule has 2 aromatic carbocycles. The maximum atomic E-state index is 12.8. The molecule has 3 rings (SSSR count). The minimum Gasteiger partial charge on any atom is -0.870 e. The molecule has 0 bridgehead atoms. The van der Waals surface area contributed by atoms with E-state index in [2.05, 4.69) is 56.2 Å². The molecule has 0 aliphatic carbocycles. The van der Waals surface area contributed by atoms with E-state index in [1.54, 1.807) is 0 Å². The van der Waals surface area contributed by atoms with Crippen LogP contribution in [0, 0.1) is 6.92 Å². The summed E-state index contributed by atoms with van der Waals surface area (Å²) < 4.78 is 13.5. The number of benzene rings is 2. The first-order chi connectivity index (χ1) is 10.8. The lowest BCUT2D eigenvalue weighted by molar-refractivity contribution is 0.483. The fraction of sp³-hybridized carbons (Fsp3) is 0.278. The topological polar surface area (TPSA) is 75.8 Å². The fourth-order valence-electron chi connectivity index (χ4n) is 2.73. The Balaban J connectivity index is 0.00000208. The summed E-state index contributed by atoms with van der Waals surface area (Å²) in [6.45, 7) is 2.06. The van der Waals surface area contributed by atoms with Gasteiger partial charge in [-0.1, -0.05) is 23.8 Å². The number of aromatic amines is 1. The quantitative estimate of drug-likeness (QED) is 0.738. The highest BCUT2D eigenvalue weighted by molar-refractivity contribution is 7.84. The summed E-state index contributed by atoms with van der Waals surface area (Å²) >= 11 is 0. The van der Waals surface area contributed by atoms with Crippen LogP contribution >= 0.6 is 0 Å². The highest BCUT2D eigenvalue weighted by Gasteiger charge is 2.20. The van der Waals surface area contributed by atoms with Crippen LogP contribution < -0.4 is 4.48 Å². The second-order valence-electron chi connectivity index (χ2n) is 6.69. The maximum absolute atomic E-state index is 12.8. The number of hydrogen-bond donors (Lipinski definition) is 1. The average molecular weight is 345 g/mol. The highest BCUT2D eigenvalue weighted by Crippen LogP contribution is 2.26. The molecule has 128 valence electrons. The number of quaternary nitrogens is 1. The molecule has 0 radical (unpaired) electrons. The van der Waals surface area contributed by atoms with Crippen molar-refractivity contribution in [2.45, 2.75) is 17.8 Å². The molecular formula is C18H23N3O2S. The molecule has 1 atom stereocenters. The zero-order valence-corrected chi connectivity index (χ0v) is 15.2. The Morgan fingerprint density at radius 2 is 1.83 bits per heavy atom. The molecule has 24 heavy (non-hydrogen) atoms. The SMILES string of the molecule is Cc1ccc([N+](C)(C)C)c(CS(=O)c2nc3ccccc3[nH]2)c1.[OH-]. The van der Waals surface area contributed by atoms with E-state index in [0.717, 1.165) is 16.6 Å². The van der Waals surface area contributed by atoms with Gasteiger partial charge in [0.15, 0.2) is 5.16 Å². The van der Waals surface area contributed by atoms with Gasteiger partial charge >= 0.3 is 0 Å². The van der Waals surface area contributed by atoms with Crippen LogP contribution in [-0.4, -0.2) is 40.8 Å². The van der Waals surface area contributed by atoms with Crippen molar-refractivity contribution in [3.63, 3.8) is 0 Å². The summed E-state index contributed by atoms with van der Waals surface area (Å²) in [5, 5.41) is 0.542. The Morgan fingerprint density at radius 1 is 1.12 bits per heavy atom. The normalized spacial score (nSPS) is 12.8. The molecule has 0 fully saturated rings. The summed E-state index contributed by atoms with van der Waals surface area (Å²) in [5.74, 6) is 0.465. The van der Waals surface area contributed by atoms with E-state index in [4.69, 9.17) is 0 Å². The number of aryl methyl sites for hydroxylation is 1. The van der Waals surface area contributed by atoms with E-state index in [0.29, 0.717) is 15.4 Å². The highest BCUT2D eigenvalue weighted by atomic mass is 32.2. The molecule has 1 aromatic heterocycles. The van der Waals surface area contributed by atoms with Gasteiger partial charge in [-0.3, -0.25) is 8.69 Å². The standard InChI is InChI=1S/C18H22N3OS.H2O/c1-13-9-10-17(21(2,3)4)14(11-13)12-23(22)18-19-15-7-5-6-8-16(15)20-18;/h5-11H,12H2,1-4H3,(H,19,20);1H2/q+1;/p-1. The largest absolute Gasteiger partial charge is 0.870 e. The molecule has 0 aliphatic rings. The molecule has 0 spiro atoms. The van der Waals surface area contributed by atoms with Crippen LogP contribution in [0.4, 0.5) is 5.69 Å². The van der Waals surface area contributed by atoms with Crippen molar-refractivity contribution >= 4 is 27.5 Å². The Kier molecular flexibility index (Phi) is 5.22. The van der Waals surface area contributed by atoms with Gasteiger partial charge in [0.05, 0.1) is 48.7 Å². The van der Waals surface area contributed by atoms with Gasteiger partial charge in [-0.05, 0) is 31.2 Å². The first-order valence-corrected chi connectivity index (χ1v) is 8.91. The lowest BCUT2D eigenvalue weighted by Crippen LogP contribution is -2.35. The maximum Gasteiger partial charge on any atom is 0.197 e. The zero-order chi connectivity index (χ0) is 16.6. The van der Waals surface area contributed by atoms with Crippen molar-refractivity contribution in [3.05, 3.63) is 53.6 Å². The van der Waals surface area contributed by atoms with E-state index in [1.807, 2.05) is 24.3 Å². The number of nitrogens with zero attached hydrogens (tertiary/aromatic N) is 2. The molecular weight excluding hydrogens is 322 g/mol. The monoisotopic (exact) mass is 345 g/mol. The van der Waals surface area contributed by atoms with Gasteiger partial charge in [0.2, 0.25) is 0 Å². The van der Waals surface area contributed by atoms with Crippen molar-refractivity contribution in [1.82, 2.24) is 14.5 Å². The van der Waals surface area contributed by atoms with Gasteiger partial charge in [-0.15, -0.1) is 0 Å². The summed E-state index contributed by atoms with van der Waals surface area (Å²) in [6, 6.07) is 14.1. The van der Waals surface area contributed by atoms with Gasteiger partial charge in [-0.2, -0.15) is 0 Å². The van der Waals surface area contributed by atoms with E-state index in [1.165, 1.54) is 11.3 Å². The van der Waals surface area contributed by atoms with Crippen LogP contribution in [0.15, 0.2) is 47.6 Å². The van der Waals surface area contributed by atoms with Crippen LogP contribution in [0.2, 0.25) is 0 Å². The number of H-pyrrole nitrogens is 1. The predicted octanol–water partition coefficient (Wildman–Crippen LogP) is 3.20. The molecule has 3 aromatic rings. The van der Waals surface area contributed by atoms with Crippen molar-refractivity contribution < 1.29 is 9.69 Å². The lowest BCUT2D eigenvalue weighted by atomic mass is 10.1. The predicted molar refractivity (Wildman–Crippen MR) is 98.9 cm³/mol. The number of hydrogen-bond acceptors (Lipinski definition) is 3. The number of para-hydroxylation sites is 2. The third-order valence-corrected chi connectivity index (χ3v) is 5.03. The van der Waals surface area contributed by atoms with Crippen LogP contribution in [0.3, 0.4) is 0 Å². The van der Waals surface area contributed by atoms with Crippen LogP contribution in [0.5, 0.6) is 0 Å². The van der Waals surface area contributed by atoms with Crippen LogP contribution in [0.1, 0.15) is 11.1 Å². The molecule has 0 aliphatic heterocycles. The van der Waals surface area contributed by atoms with E-state index >= 15 is 0 Å². The Morgan fingerprint density at radius 3 is 2.50 bits per heavy atom. The van der Waals surface area contributed by atoms with Gasteiger partial charge in [0.1, 0.15) is 5.69 Å². The number of imidazole rings is 1. The summed E-state index contributed by atoms with van der Waals surface area (Å²) in [6.07, 6.45) is 0. The second-order valence-corrected chi connectivity index (χ2v) is 8.06. The molecule has 2 N–H and O–H groups in total. The van der Waals surface area contributed by atoms with Gasteiger partial charge in [0, 0.05) is 5.56 Å². The molecule has 0 amide bonds. The first-order valence-electron chi connectivity index (χ1n) is 7.59. The molecule has 0 saturated heterocycles. The zero-order valence-electron chi connectivity index (χ0n) is 14.4. The van der Waals surface area contributed by atoms with Crippen LogP contribution in [-0.2, 0) is 16.6 Å². The van der Waals surface area contributed by atoms with Crippen LogP contribution in [0.25, 0.3) is 11.0 Å². The number of fused-ring (bicyclic) bond motifs is 1. The fourth-order valence-corrected chi connectivity index (χ4v) is 3.81. The third kappa shape index (κ3) is 3.72. The van der Waals surface area contributed by atoms with Crippen molar-refractivity contribution in [2.75, 3.05) is 21.1 Å². The number of rotatable bonds is 4. The Bertz CT molecular complexity index is 848. The first kappa shape index (κ1) is 18.3. The molecule has 1 unspecified atom stereocenters. The van der Waals surface area contributed by atoms with Gasteiger partial charge in [-0.25, -0.2) is 4.98 Å². The van der Waals surface area contributed by atoms with E-state index < -0.39 is 10.8 Å². The molecule has 0 saturated carbocycles. The van der Waals surface area contributed by atoms with Crippen molar-refractivity contribution in [3.8, 4) is 0 Å². The molecule has 6 heteroatoms. The Labute approximate surface area is 144 Å². The lowest BCUT2D eigenvalue weighted by Gasteiger charge is -2.26. The minimum atomic E-state index is -1.20. The summed E-state index contributed by atoms with van der Waals surface area (Å²) in [5.41, 5.74) is 5.24. The summed E-state index contributed by atoms with van der Waals surface area (Å²) in [4.78, 5) is 7.63. The van der Waals surface area contributed by atoms with Crippen molar-refractivity contribution in [1.29, 1.82) is 0 Å². The average Bonchev–Trinajstić information content (AvgIpc) is 2.90. The van der Waals surface area contributed by atoms with Gasteiger partial charge < -0.3 is 10.5 Å². The van der Waals surface area contributed by atoms with E-state index in [-0.39, 0.29) is 5.48 Å². The Hall–Kier alpha value is -2.02. The number of aromatic nitrogens is 2. The third-order valence-electron chi connectivity index (χ3n) is 3.83. The number of nitrogens with one attached hydrogen (secondary N) is 1. The minimum absolute atomic E-state index is 0. The van der Waals surface area contributed by atoms with Gasteiger partial charge in [0.25, 0.3) is 0 Å². The smallest absolute Gasteiger partial charge is 0.197 e. The second kappa shape index (κ2) is 6.84. The van der Waals surface area contributed by atoms with E-state index in [9.17, 15) is 4.21 Å². The molecule has 1 heterocycles.